The van der Waals surface area contributed by atoms with Crippen molar-refractivity contribution in [2.24, 2.45) is 0 Å². The molecule has 0 aliphatic rings. The molecule has 0 spiro atoms. The number of likely N-dealkylation sites (N-methyl/N-ethyl adjacent to an activating group) is 1. The first-order valence-corrected chi connectivity index (χ1v) is 11.0. The normalized spacial score (nSPS) is 12.6. The maximum atomic E-state index is 11.1. The van der Waals surface area contributed by atoms with Crippen LogP contribution in [0.15, 0.2) is 0 Å². The molecule has 0 fully saturated rings. The number of carboxylic acid groups (broad SMARTS) is 1. The number of rotatable bonds is 19. The summed E-state index contributed by atoms with van der Waals surface area (Å²) in [5, 5.41) is 9.13. The lowest BCUT2D eigenvalue weighted by molar-refractivity contribution is -0.142. The van der Waals surface area contributed by atoms with Crippen LogP contribution in [0.5, 0.6) is 0 Å². The van der Waals surface area contributed by atoms with Gasteiger partial charge in [-0.2, -0.15) is 0 Å². The molecule has 0 aliphatic carbocycles. The SMILES string of the molecule is CCCCCCCCCCCCCCCCCCC(C(=O)O)N(C)C. The summed E-state index contributed by atoms with van der Waals surface area (Å²) >= 11 is 0. The molecule has 0 aliphatic heterocycles. The second-order valence-electron chi connectivity index (χ2n) is 7.91. The number of nitrogens with zero attached hydrogens (tertiary/aromatic N) is 1. The minimum Gasteiger partial charge on any atom is -0.480 e. The Morgan fingerprint density at radius 2 is 1.00 bits per heavy atom. The van der Waals surface area contributed by atoms with Crippen LogP contribution in [0.2, 0.25) is 0 Å². The minimum absolute atomic E-state index is 0.313. The summed E-state index contributed by atoms with van der Waals surface area (Å²) in [5.41, 5.74) is 0. The Kier molecular flexibility index (Phi) is 17.8. The van der Waals surface area contributed by atoms with Gasteiger partial charge in [-0.05, 0) is 20.5 Å². The number of hydrogen-bond donors (Lipinski definition) is 1. The third-order valence-corrected chi connectivity index (χ3v) is 5.24. The maximum Gasteiger partial charge on any atom is 0.320 e. The first kappa shape index (κ1) is 24.4. The molecule has 0 amide bonds. The molecule has 0 bridgehead atoms. The van der Waals surface area contributed by atoms with E-state index in [1.54, 1.807) is 0 Å². The van der Waals surface area contributed by atoms with Gasteiger partial charge in [0.15, 0.2) is 0 Å². The van der Waals surface area contributed by atoms with Gasteiger partial charge in [0.1, 0.15) is 6.04 Å². The van der Waals surface area contributed by atoms with Gasteiger partial charge in [0, 0.05) is 0 Å². The van der Waals surface area contributed by atoms with Gasteiger partial charge in [-0.15, -0.1) is 0 Å². The van der Waals surface area contributed by atoms with Gasteiger partial charge in [0.2, 0.25) is 0 Å². The fourth-order valence-electron chi connectivity index (χ4n) is 3.49. The maximum absolute atomic E-state index is 11.1. The van der Waals surface area contributed by atoms with Crippen LogP contribution in [0.25, 0.3) is 0 Å². The fourth-order valence-corrected chi connectivity index (χ4v) is 3.49. The fraction of sp³-hybridized carbons (Fsp3) is 0.955. The van der Waals surface area contributed by atoms with Crippen molar-refractivity contribution in [1.29, 1.82) is 0 Å². The minimum atomic E-state index is -0.689. The van der Waals surface area contributed by atoms with Gasteiger partial charge in [0.25, 0.3) is 0 Å². The lowest BCUT2D eigenvalue weighted by atomic mass is 10.0. The number of hydrogen-bond acceptors (Lipinski definition) is 2. The molecule has 3 nitrogen and oxygen atoms in total. The predicted molar refractivity (Wildman–Crippen MR) is 109 cm³/mol. The van der Waals surface area contributed by atoms with Crippen molar-refractivity contribution in [3.63, 3.8) is 0 Å². The number of carbonyl (C=O) groups is 1. The van der Waals surface area contributed by atoms with E-state index in [2.05, 4.69) is 6.92 Å². The molecular weight excluding hydrogens is 310 g/mol. The highest BCUT2D eigenvalue weighted by Gasteiger charge is 2.18. The van der Waals surface area contributed by atoms with Crippen LogP contribution in [0.1, 0.15) is 116 Å². The van der Waals surface area contributed by atoms with Gasteiger partial charge in [-0.3, -0.25) is 9.69 Å². The molecule has 150 valence electrons. The second-order valence-corrected chi connectivity index (χ2v) is 7.91. The Balaban J connectivity index is 3.20. The Bertz CT molecular complexity index is 292. The molecule has 0 rings (SSSR count). The van der Waals surface area contributed by atoms with Gasteiger partial charge < -0.3 is 5.11 Å². The number of unbranched alkanes of at least 4 members (excludes halogenated alkanes) is 15. The van der Waals surface area contributed by atoms with Crippen molar-refractivity contribution in [2.75, 3.05) is 14.1 Å². The van der Waals surface area contributed by atoms with E-state index in [0.717, 1.165) is 12.8 Å². The quantitative estimate of drug-likeness (QED) is 0.264. The van der Waals surface area contributed by atoms with Crippen molar-refractivity contribution >= 4 is 5.97 Å². The first-order valence-electron chi connectivity index (χ1n) is 11.0. The standard InChI is InChI=1S/C22H45NO2/c1-4-5-6-7-8-9-10-11-12-13-14-15-16-17-18-19-20-21(22(24)25)23(2)3/h21H,4-20H2,1-3H3,(H,24,25). The molecular formula is C22H45NO2. The zero-order valence-corrected chi connectivity index (χ0v) is 17.4. The molecule has 0 radical (unpaired) electrons. The van der Waals surface area contributed by atoms with Crippen LogP contribution in [0, 0.1) is 0 Å². The lowest BCUT2D eigenvalue weighted by Crippen LogP contribution is -2.35. The highest BCUT2D eigenvalue weighted by molar-refractivity contribution is 5.73. The molecule has 0 saturated carbocycles. The van der Waals surface area contributed by atoms with Crippen LogP contribution in [-0.4, -0.2) is 36.1 Å². The first-order chi connectivity index (χ1) is 12.1. The zero-order valence-electron chi connectivity index (χ0n) is 17.4. The Labute approximate surface area is 157 Å². The second kappa shape index (κ2) is 18.2. The van der Waals surface area contributed by atoms with E-state index < -0.39 is 5.97 Å². The van der Waals surface area contributed by atoms with Crippen LogP contribution >= 0.6 is 0 Å². The Morgan fingerprint density at radius 1 is 0.680 bits per heavy atom. The Hall–Kier alpha value is -0.570. The van der Waals surface area contributed by atoms with Crippen LogP contribution in [0.3, 0.4) is 0 Å². The van der Waals surface area contributed by atoms with Gasteiger partial charge in [-0.1, -0.05) is 110 Å². The summed E-state index contributed by atoms with van der Waals surface area (Å²) < 4.78 is 0. The summed E-state index contributed by atoms with van der Waals surface area (Å²) in [7, 11) is 3.70. The molecule has 3 heteroatoms. The van der Waals surface area contributed by atoms with E-state index in [9.17, 15) is 4.79 Å². The van der Waals surface area contributed by atoms with Gasteiger partial charge in [0.05, 0.1) is 0 Å². The molecule has 0 heterocycles. The van der Waals surface area contributed by atoms with Crippen molar-refractivity contribution in [2.45, 2.75) is 122 Å². The van der Waals surface area contributed by atoms with Crippen molar-refractivity contribution in [1.82, 2.24) is 4.90 Å². The van der Waals surface area contributed by atoms with Crippen molar-refractivity contribution in [3.05, 3.63) is 0 Å². The number of aliphatic carboxylic acids is 1. The molecule has 1 unspecified atom stereocenters. The topological polar surface area (TPSA) is 40.5 Å². The van der Waals surface area contributed by atoms with E-state index in [1.807, 2.05) is 19.0 Å². The summed E-state index contributed by atoms with van der Waals surface area (Å²) in [4.78, 5) is 12.9. The molecule has 0 aromatic rings. The van der Waals surface area contributed by atoms with E-state index in [0.29, 0.717) is 0 Å². The third kappa shape index (κ3) is 16.6. The van der Waals surface area contributed by atoms with Gasteiger partial charge in [-0.25, -0.2) is 0 Å². The largest absolute Gasteiger partial charge is 0.480 e. The molecule has 0 saturated heterocycles. The zero-order chi connectivity index (χ0) is 18.8. The van der Waals surface area contributed by atoms with Crippen LogP contribution < -0.4 is 0 Å². The van der Waals surface area contributed by atoms with Gasteiger partial charge >= 0.3 is 5.97 Å². The average Bonchev–Trinajstić information content (AvgIpc) is 2.57. The highest BCUT2D eigenvalue weighted by Crippen LogP contribution is 2.14. The molecule has 1 atom stereocenters. The summed E-state index contributed by atoms with van der Waals surface area (Å²) in [6.45, 7) is 2.28. The smallest absolute Gasteiger partial charge is 0.320 e. The number of carboxylic acids is 1. The summed E-state index contributed by atoms with van der Waals surface area (Å²) in [6, 6.07) is -0.313. The molecule has 0 aromatic heterocycles. The summed E-state index contributed by atoms with van der Waals surface area (Å²) in [5.74, 6) is -0.689. The monoisotopic (exact) mass is 355 g/mol. The van der Waals surface area contributed by atoms with E-state index in [1.165, 1.54) is 96.3 Å². The van der Waals surface area contributed by atoms with E-state index in [-0.39, 0.29) is 6.04 Å². The van der Waals surface area contributed by atoms with Crippen molar-refractivity contribution < 1.29 is 9.90 Å². The lowest BCUT2D eigenvalue weighted by Gasteiger charge is -2.19. The van der Waals surface area contributed by atoms with Crippen LogP contribution in [0.4, 0.5) is 0 Å². The Morgan fingerprint density at radius 3 is 1.28 bits per heavy atom. The molecule has 0 aromatic carbocycles. The molecule has 25 heavy (non-hydrogen) atoms. The average molecular weight is 356 g/mol. The van der Waals surface area contributed by atoms with E-state index in [4.69, 9.17) is 5.11 Å². The van der Waals surface area contributed by atoms with E-state index >= 15 is 0 Å². The third-order valence-electron chi connectivity index (χ3n) is 5.24. The van der Waals surface area contributed by atoms with Crippen molar-refractivity contribution in [3.8, 4) is 0 Å². The highest BCUT2D eigenvalue weighted by atomic mass is 16.4. The predicted octanol–water partition coefficient (Wildman–Crippen LogP) is 6.65. The molecule has 1 N–H and O–H groups in total. The van der Waals surface area contributed by atoms with Crippen LogP contribution in [-0.2, 0) is 4.79 Å². The summed E-state index contributed by atoms with van der Waals surface area (Å²) in [6.07, 6.45) is 22.5.